The van der Waals surface area contributed by atoms with Crippen LogP contribution in [0.5, 0.6) is 0 Å². The summed E-state index contributed by atoms with van der Waals surface area (Å²) in [5.74, 6) is -0.311. The molecule has 2 aromatic carbocycles. The second kappa shape index (κ2) is 6.05. The van der Waals surface area contributed by atoms with Gasteiger partial charge in [-0.05, 0) is 38.1 Å². The Morgan fingerprint density at radius 3 is 2.32 bits per heavy atom. The van der Waals surface area contributed by atoms with Crippen molar-refractivity contribution in [3.05, 3.63) is 60.2 Å². The van der Waals surface area contributed by atoms with Gasteiger partial charge in [-0.15, -0.1) is 0 Å². The van der Waals surface area contributed by atoms with Crippen molar-refractivity contribution in [3.8, 4) is 0 Å². The highest BCUT2D eigenvalue weighted by molar-refractivity contribution is 5.96. The fraction of sp³-hybridized carbons (Fsp3) is 0.188. The van der Waals surface area contributed by atoms with Crippen LogP contribution in [0.2, 0.25) is 0 Å². The van der Waals surface area contributed by atoms with Crippen molar-refractivity contribution in [1.29, 1.82) is 0 Å². The van der Waals surface area contributed by atoms with Gasteiger partial charge in [0.2, 0.25) is 0 Å². The molecule has 98 valence electrons. The summed E-state index contributed by atoms with van der Waals surface area (Å²) in [6.45, 7) is 3.68. The molecule has 2 rings (SSSR count). The van der Waals surface area contributed by atoms with E-state index in [0.29, 0.717) is 5.56 Å². The molecular formula is C16H17NO2. The van der Waals surface area contributed by atoms with Gasteiger partial charge in [-0.1, -0.05) is 30.3 Å². The third-order valence-electron chi connectivity index (χ3n) is 2.54. The average molecular weight is 255 g/mol. The monoisotopic (exact) mass is 255 g/mol. The van der Waals surface area contributed by atoms with Crippen LogP contribution in [-0.4, -0.2) is 12.1 Å². The highest BCUT2D eigenvalue weighted by Crippen LogP contribution is 2.21. The van der Waals surface area contributed by atoms with E-state index in [2.05, 4.69) is 5.32 Å². The Bertz CT molecular complexity index is 550. The number of hydrogen-bond donors (Lipinski definition) is 1. The Labute approximate surface area is 113 Å². The average Bonchev–Trinajstić information content (AvgIpc) is 2.39. The maximum atomic E-state index is 12.0. The molecule has 0 amide bonds. The number of rotatable bonds is 4. The normalized spacial score (nSPS) is 10.3. The number of para-hydroxylation sites is 2. The molecule has 0 aliphatic carbocycles. The minimum absolute atomic E-state index is 0.128. The highest BCUT2D eigenvalue weighted by Gasteiger charge is 2.13. The summed E-state index contributed by atoms with van der Waals surface area (Å²) < 4.78 is 5.24. The van der Waals surface area contributed by atoms with Crippen LogP contribution in [0.15, 0.2) is 54.6 Å². The molecule has 0 fully saturated rings. The number of anilines is 2. The summed E-state index contributed by atoms with van der Waals surface area (Å²) in [5, 5.41) is 3.23. The number of esters is 1. The van der Waals surface area contributed by atoms with Crippen molar-refractivity contribution in [3.63, 3.8) is 0 Å². The van der Waals surface area contributed by atoms with Gasteiger partial charge in [-0.2, -0.15) is 0 Å². The van der Waals surface area contributed by atoms with E-state index in [1.54, 1.807) is 6.07 Å². The molecule has 3 heteroatoms. The largest absolute Gasteiger partial charge is 0.459 e. The summed E-state index contributed by atoms with van der Waals surface area (Å²) in [7, 11) is 0. The minimum Gasteiger partial charge on any atom is -0.459 e. The van der Waals surface area contributed by atoms with E-state index in [9.17, 15) is 4.79 Å². The Morgan fingerprint density at radius 1 is 1.00 bits per heavy atom. The van der Waals surface area contributed by atoms with Gasteiger partial charge in [-0.25, -0.2) is 4.79 Å². The van der Waals surface area contributed by atoms with Crippen LogP contribution in [-0.2, 0) is 4.74 Å². The summed E-state index contributed by atoms with van der Waals surface area (Å²) in [6, 6.07) is 17.1. The number of carbonyl (C=O) groups excluding carboxylic acids is 1. The quantitative estimate of drug-likeness (QED) is 0.839. The van der Waals surface area contributed by atoms with Gasteiger partial charge < -0.3 is 10.1 Å². The second-order valence-electron chi connectivity index (χ2n) is 4.49. The standard InChI is InChI=1S/C16H17NO2/c1-12(2)19-16(18)14-10-6-7-11-15(14)17-13-8-4-3-5-9-13/h3-12,17H,1-2H3. The number of benzene rings is 2. The van der Waals surface area contributed by atoms with E-state index in [0.717, 1.165) is 11.4 Å². The molecular weight excluding hydrogens is 238 g/mol. The van der Waals surface area contributed by atoms with Crippen molar-refractivity contribution in [1.82, 2.24) is 0 Å². The molecule has 0 aliphatic rings. The number of hydrogen-bond acceptors (Lipinski definition) is 3. The van der Waals surface area contributed by atoms with E-state index in [1.165, 1.54) is 0 Å². The van der Waals surface area contributed by atoms with Gasteiger partial charge in [0.05, 0.1) is 17.4 Å². The van der Waals surface area contributed by atoms with E-state index in [1.807, 2.05) is 62.4 Å². The zero-order chi connectivity index (χ0) is 13.7. The molecule has 0 heterocycles. The maximum absolute atomic E-state index is 12.0. The van der Waals surface area contributed by atoms with Gasteiger partial charge in [0, 0.05) is 5.69 Å². The van der Waals surface area contributed by atoms with E-state index >= 15 is 0 Å². The molecule has 0 spiro atoms. The first-order valence-corrected chi connectivity index (χ1v) is 6.29. The third-order valence-corrected chi connectivity index (χ3v) is 2.54. The predicted octanol–water partition coefficient (Wildman–Crippen LogP) is 4.00. The molecule has 0 radical (unpaired) electrons. The van der Waals surface area contributed by atoms with Crippen LogP contribution in [0.25, 0.3) is 0 Å². The lowest BCUT2D eigenvalue weighted by atomic mass is 10.1. The SMILES string of the molecule is CC(C)OC(=O)c1ccccc1Nc1ccccc1. The molecule has 0 aliphatic heterocycles. The fourth-order valence-corrected chi connectivity index (χ4v) is 1.72. The molecule has 2 aromatic rings. The van der Waals surface area contributed by atoms with Crippen LogP contribution in [0.1, 0.15) is 24.2 Å². The molecule has 0 unspecified atom stereocenters. The van der Waals surface area contributed by atoms with Gasteiger partial charge in [0.25, 0.3) is 0 Å². The number of nitrogens with one attached hydrogen (secondary N) is 1. The molecule has 0 atom stereocenters. The van der Waals surface area contributed by atoms with E-state index in [-0.39, 0.29) is 12.1 Å². The zero-order valence-electron chi connectivity index (χ0n) is 11.1. The van der Waals surface area contributed by atoms with Crippen LogP contribution < -0.4 is 5.32 Å². The topological polar surface area (TPSA) is 38.3 Å². The minimum atomic E-state index is -0.311. The molecule has 0 saturated heterocycles. The summed E-state index contributed by atoms with van der Waals surface area (Å²) in [5.41, 5.74) is 2.23. The lowest BCUT2D eigenvalue weighted by Crippen LogP contribution is -2.13. The second-order valence-corrected chi connectivity index (χ2v) is 4.49. The molecule has 1 N–H and O–H groups in total. The van der Waals surface area contributed by atoms with Crippen molar-refractivity contribution in [2.75, 3.05) is 5.32 Å². The van der Waals surface area contributed by atoms with E-state index < -0.39 is 0 Å². The first-order chi connectivity index (χ1) is 9.16. The van der Waals surface area contributed by atoms with Gasteiger partial charge >= 0.3 is 5.97 Å². The molecule has 0 aromatic heterocycles. The summed E-state index contributed by atoms with van der Waals surface area (Å²) in [6.07, 6.45) is -0.128. The molecule has 19 heavy (non-hydrogen) atoms. The molecule has 0 saturated carbocycles. The van der Waals surface area contributed by atoms with Crippen LogP contribution in [0.3, 0.4) is 0 Å². The Kier molecular flexibility index (Phi) is 4.18. The lowest BCUT2D eigenvalue weighted by Gasteiger charge is -2.13. The van der Waals surface area contributed by atoms with Crippen molar-refractivity contribution >= 4 is 17.3 Å². The van der Waals surface area contributed by atoms with Crippen LogP contribution >= 0.6 is 0 Å². The Balaban J connectivity index is 2.24. The van der Waals surface area contributed by atoms with Crippen molar-refractivity contribution in [2.45, 2.75) is 20.0 Å². The number of carbonyl (C=O) groups is 1. The third kappa shape index (κ3) is 3.58. The van der Waals surface area contributed by atoms with Gasteiger partial charge in [0.15, 0.2) is 0 Å². The van der Waals surface area contributed by atoms with Crippen molar-refractivity contribution in [2.24, 2.45) is 0 Å². The Morgan fingerprint density at radius 2 is 1.63 bits per heavy atom. The highest BCUT2D eigenvalue weighted by atomic mass is 16.5. The van der Waals surface area contributed by atoms with Crippen LogP contribution in [0.4, 0.5) is 11.4 Å². The molecule has 0 bridgehead atoms. The number of ether oxygens (including phenoxy) is 1. The fourth-order valence-electron chi connectivity index (χ4n) is 1.72. The lowest BCUT2D eigenvalue weighted by molar-refractivity contribution is 0.0379. The Hall–Kier alpha value is -2.29. The van der Waals surface area contributed by atoms with Gasteiger partial charge in [0.1, 0.15) is 0 Å². The van der Waals surface area contributed by atoms with Crippen LogP contribution in [0, 0.1) is 0 Å². The zero-order valence-corrected chi connectivity index (χ0v) is 11.1. The van der Waals surface area contributed by atoms with E-state index in [4.69, 9.17) is 4.74 Å². The first kappa shape index (κ1) is 13.1. The summed E-state index contributed by atoms with van der Waals surface area (Å²) >= 11 is 0. The first-order valence-electron chi connectivity index (χ1n) is 6.29. The van der Waals surface area contributed by atoms with Crippen molar-refractivity contribution < 1.29 is 9.53 Å². The molecule has 3 nitrogen and oxygen atoms in total. The maximum Gasteiger partial charge on any atom is 0.340 e. The summed E-state index contributed by atoms with van der Waals surface area (Å²) in [4.78, 5) is 12.0. The smallest absolute Gasteiger partial charge is 0.340 e. The predicted molar refractivity (Wildman–Crippen MR) is 76.7 cm³/mol. The van der Waals surface area contributed by atoms with Gasteiger partial charge in [-0.3, -0.25) is 0 Å².